The van der Waals surface area contributed by atoms with Crippen molar-refractivity contribution in [1.29, 1.82) is 0 Å². The van der Waals surface area contributed by atoms with Gasteiger partial charge in [-0.3, -0.25) is 9.80 Å². The standard InChI is InChI=1S/C63H55BN2O2S2/c1-34-24-49-57-50(25-34)66(59-37(4)28-40(29-38(59)5)48-33-70-54-19-15-13-17-44(48)54)61-56(46-31-42(63(9,10)11)21-23-52(46)68-61)64(57)55-45-30-41(62(6,7)8)20-22-51(45)67-60(55)65(49)58-35(2)26-39(27-36(58)3)47-32-69-53-18-14-12-16-43(47)53/h12-33H,1-11H3. The Morgan fingerprint density at radius 1 is 0.443 bits per heavy atom. The van der Waals surface area contributed by atoms with Crippen LogP contribution in [-0.4, -0.2) is 6.71 Å². The van der Waals surface area contributed by atoms with Gasteiger partial charge in [-0.15, -0.1) is 22.7 Å². The molecule has 0 radical (unpaired) electrons. The number of fused-ring (bicyclic) bond motifs is 10. The van der Waals surface area contributed by atoms with Crippen LogP contribution >= 0.6 is 22.7 Å². The van der Waals surface area contributed by atoms with E-state index in [1.165, 1.54) is 97.8 Å². The summed E-state index contributed by atoms with van der Waals surface area (Å²) in [5, 5.41) is 9.51. The van der Waals surface area contributed by atoms with E-state index >= 15 is 0 Å². The van der Waals surface area contributed by atoms with E-state index < -0.39 is 0 Å². The zero-order chi connectivity index (χ0) is 48.3. The van der Waals surface area contributed by atoms with Crippen LogP contribution in [0.15, 0.2) is 141 Å². The van der Waals surface area contributed by atoms with Crippen LogP contribution < -0.4 is 26.2 Å². The van der Waals surface area contributed by atoms with Gasteiger partial charge in [-0.2, -0.15) is 0 Å². The highest BCUT2D eigenvalue weighted by molar-refractivity contribution is 7.18. The Kier molecular flexibility index (Phi) is 9.33. The summed E-state index contributed by atoms with van der Waals surface area (Å²) in [7, 11) is 0. The van der Waals surface area contributed by atoms with Crippen LogP contribution in [0.2, 0.25) is 0 Å². The van der Waals surface area contributed by atoms with Crippen molar-refractivity contribution in [2.24, 2.45) is 0 Å². The minimum atomic E-state index is -0.190. The quantitative estimate of drug-likeness (QED) is 0.165. The Balaban J connectivity index is 1.13. The molecule has 4 nitrogen and oxygen atoms in total. The third-order valence-electron chi connectivity index (χ3n) is 15.2. The zero-order valence-corrected chi connectivity index (χ0v) is 43.4. The van der Waals surface area contributed by atoms with Crippen LogP contribution in [0.3, 0.4) is 0 Å². The van der Waals surface area contributed by atoms with Crippen molar-refractivity contribution in [2.45, 2.75) is 87.0 Å². The van der Waals surface area contributed by atoms with Crippen LogP contribution in [0.1, 0.15) is 80.5 Å². The van der Waals surface area contributed by atoms with Crippen LogP contribution in [0.5, 0.6) is 0 Å². The number of hydrogen-bond donors (Lipinski definition) is 0. The molecule has 4 aromatic heterocycles. The lowest BCUT2D eigenvalue weighted by molar-refractivity contribution is 0.589. The number of nitrogens with zero attached hydrogens (tertiary/aromatic N) is 2. The van der Waals surface area contributed by atoms with Gasteiger partial charge in [-0.05, 0) is 185 Å². The highest BCUT2D eigenvalue weighted by Gasteiger charge is 2.50. The first-order valence-electron chi connectivity index (χ1n) is 24.6. The van der Waals surface area contributed by atoms with Crippen molar-refractivity contribution in [3.8, 4) is 22.3 Å². The average Bonchev–Trinajstić information content (AvgIpc) is 4.12. The first-order valence-corrected chi connectivity index (χ1v) is 26.3. The van der Waals surface area contributed by atoms with Crippen molar-refractivity contribution in [3.05, 3.63) is 171 Å². The van der Waals surface area contributed by atoms with Gasteiger partial charge in [0.25, 0.3) is 6.71 Å². The molecule has 70 heavy (non-hydrogen) atoms. The predicted octanol–water partition coefficient (Wildman–Crippen LogP) is 17.2. The smallest absolute Gasteiger partial charge is 0.262 e. The lowest BCUT2D eigenvalue weighted by Gasteiger charge is -2.42. The summed E-state index contributed by atoms with van der Waals surface area (Å²) in [6.45, 7) is 25.0. The van der Waals surface area contributed by atoms with Crippen LogP contribution in [0.25, 0.3) is 64.4 Å². The number of hydrogen-bond acceptors (Lipinski definition) is 6. The van der Waals surface area contributed by atoms with Gasteiger partial charge in [-0.1, -0.05) is 90.1 Å². The van der Waals surface area contributed by atoms with Crippen molar-refractivity contribution < 1.29 is 8.83 Å². The van der Waals surface area contributed by atoms with Crippen molar-refractivity contribution in [3.63, 3.8) is 0 Å². The molecule has 0 unspecified atom stereocenters. The maximum atomic E-state index is 7.38. The molecule has 7 heteroatoms. The minimum Gasteiger partial charge on any atom is -0.440 e. The highest BCUT2D eigenvalue weighted by Crippen LogP contribution is 2.52. The molecule has 11 aromatic rings. The fourth-order valence-corrected chi connectivity index (χ4v) is 13.8. The zero-order valence-electron chi connectivity index (χ0n) is 41.8. The SMILES string of the molecule is Cc1cc2c3c(c1)N(c1c(C)cc(-c4csc5ccccc45)cc1C)c1oc4ccc(C(C)(C)C)cc4c1B3c1c(oc3ccc(C(C)(C)C)cc13)N2c1c(C)cc(-c2csc3ccccc23)cc1C. The predicted molar refractivity (Wildman–Crippen MR) is 303 cm³/mol. The molecule has 0 N–H and O–H groups in total. The van der Waals surface area contributed by atoms with Crippen LogP contribution in [0.4, 0.5) is 34.5 Å². The summed E-state index contributed by atoms with van der Waals surface area (Å²) in [5.41, 5.74) is 23.3. The molecular formula is C63H55BN2O2S2. The molecule has 6 heterocycles. The first kappa shape index (κ1) is 43.2. The van der Waals surface area contributed by atoms with E-state index in [0.29, 0.717) is 0 Å². The molecule has 13 rings (SSSR count). The van der Waals surface area contributed by atoms with Gasteiger partial charge in [0.1, 0.15) is 11.2 Å². The van der Waals surface area contributed by atoms with Crippen LogP contribution in [0, 0.1) is 34.6 Å². The lowest BCUT2D eigenvalue weighted by atomic mass is 9.33. The van der Waals surface area contributed by atoms with E-state index in [2.05, 4.69) is 218 Å². The maximum absolute atomic E-state index is 7.38. The van der Waals surface area contributed by atoms with Gasteiger partial charge in [0.2, 0.25) is 11.8 Å². The fourth-order valence-electron chi connectivity index (χ4n) is 11.9. The number of benzene rings is 7. The summed E-state index contributed by atoms with van der Waals surface area (Å²) >= 11 is 3.63. The van der Waals surface area contributed by atoms with E-state index in [9.17, 15) is 0 Å². The minimum absolute atomic E-state index is 0.0727. The van der Waals surface area contributed by atoms with E-state index in [1.807, 2.05) is 22.7 Å². The molecule has 0 amide bonds. The van der Waals surface area contributed by atoms with Gasteiger partial charge in [-0.25, -0.2) is 0 Å². The molecule has 0 saturated heterocycles. The molecule has 2 aliphatic rings. The average molecular weight is 947 g/mol. The highest BCUT2D eigenvalue weighted by atomic mass is 32.1. The number of anilines is 6. The first-order chi connectivity index (χ1) is 33.5. The second kappa shape index (κ2) is 15.1. The number of thiophene rings is 2. The summed E-state index contributed by atoms with van der Waals surface area (Å²) in [6.07, 6.45) is 0. The Bertz CT molecular complexity index is 3710. The third kappa shape index (κ3) is 6.33. The monoisotopic (exact) mass is 946 g/mol. The lowest BCUT2D eigenvalue weighted by Crippen LogP contribution is -2.61. The van der Waals surface area contributed by atoms with E-state index in [-0.39, 0.29) is 17.5 Å². The third-order valence-corrected chi connectivity index (χ3v) is 17.1. The number of aryl methyl sites for hydroxylation is 5. The van der Waals surface area contributed by atoms with Crippen molar-refractivity contribution >= 4 is 122 Å². The molecule has 344 valence electrons. The van der Waals surface area contributed by atoms with Crippen molar-refractivity contribution in [2.75, 3.05) is 9.80 Å². The largest absolute Gasteiger partial charge is 0.440 e. The fraction of sp³-hybridized carbons (Fsp3) is 0.206. The Morgan fingerprint density at radius 3 is 1.24 bits per heavy atom. The molecular weight excluding hydrogens is 892 g/mol. The van der Waals surface area contributed by atoms with Gasteiger partial charge in [0.15, 0.2) is 0 Å². The Hall–Kier alpha value is -6.80. The molecule has 0 spiro atoms. The molecule has 0 saturated carbocycles. The topological polar surface area (TPSA) is 32.8 Å². The summed E-state index contributed by atoms with van der Waals surface area (Å²) in [4.78, 5) is 4.95. The normalized spacial score (nSPS) is 13.6. The maximum Gasteiger partial charge on any atom is 0.262 e. The van der Waals surface area contributed by atoms with Crippen LogP contribution in [-0.2, 0) is 10.8 Å². The second-order valence-electron chi connectivity index (χ2n) is 22.1. The Morgan fingerprint density at radius 2 is 0.843 bits per heavy atom. The summed E-state index contributed by atoms with van der Waals surface area (Å²) in [6, 6.07) is 45.6. The van der Waals surface area contributed by atoms with Gasteiger partial charge < -0.3 is 8.83 Å². The number of furan rings is 2. The molecule has 0 bridgehead atoms. The van der Waals surface area contributed by atoms with Gasteiger partial charge in [0, 0.05) is 64.4 Å². The second-order valence-corrected chi connectivity index (χ2v) is 23.9. The van der Waals surface area contributed by atoms with Crippen molar-refractivity contribution in [1.82, 2.24) is 0 Å². The Labute approximate surface area is 418 Å². The van der Waals surface area contributed by atoms with E-state index in [0.717, 1.165) is 56.5 Å². The molecule has 0 atom stereocenters. The van der Waals surface area contributed by atoms with Gasteiger partial charge >= 0.3 is 0 Å². The molecule has 7 aromatic carbocycles. The molecule has 2 aliphatic heterocycles. The molecule has 0 aliphatic carbocycles. The molecule has 0 fully saturated rings. The summed E-state index contributed by atoms with van der Waals surface area (Å²) in [5.74, 6) is 1.74. The van der Waals surface area contributed by atoms with E-state index in [1.54, 1.807) is 0 Å². The van der Waals surface area contributed by atoms with E-state index in [4.69, 9.17) is 8.83 Å². The van der Waals surface area contributed by atoms with Gasteiger partial charge in [0.05, 0.1) is 11.4 Å². The summed E-state index contributed by atoms with van der Waals surface area (Å²) < 4.78 is 17.4. The number of rotatable bonds is 4.